The third-order valence-electron chi connectivity index (χ3n) is 4.62. The first-order valence-electron chi connectivity index (χ1n) is 8.13. The van der Waals surface area contributed by atoms with Crippen molar-refractivity contribution >= 4 is 17.9 Å². The minimum absolute atomic E-state index is 0.0273. The Morgan fingerprint density at radius 2 is 2.25 bits per heavy atom. The van der Waals surface area contributed by atoms with Crippen LogP contribution in [-0.2, 0) is 7.05 Å². The number of nitrogens with one attached hydrogen (secondary N) is 2. The van der Waals surface area contributed by atoms with E-state index in [4.69, 9.17) is 4.74 Å². The monoisotopic (exact) mass is 336 g/mol. The van der Waals surface area contributed by atoms with Crippen molar-refractivity contribution in [2.45, 2.75) is 38.4 Å². The normalized spacial score (nSPS) is 23.3. The Kier molecular flexibility index (Phi) is 4.25. The van der Waals surface area contributed by atoms with Gasteiger partial charge in [-0.3, -0.25) is 5.32 Å². The van der Waals surface area contributed by atoms with Crippen LogP contribution in [0.5, 0.6) is 5.88 Å². The number of fused-ring (bicyclic) bond motifs is 1. The molecular weight excluding hydrogens is 312 g/mol. The Morgan fingerprint density at radius 1 is 1.50 bits per heavy atom. The lowest BCUT2D eigenvalue weighted by molar-refractivity contribution is 0.138. The Bertz CT molecular complexity index is 643. The average molecular weight is 336 g/mol. The summed E-state index contributed by atoms with van der Waals surface area (Å²) in [6.45, 7) is 5.13. The summed E-state index contributed by atoms with van der Waals surface area (Å²) in [6, 6.07) is 1.71. The Morgan fingerprint density at radius 3 is 2.88 bits per heavy atom. The number of hydrogen-bond donors (Lipinski definition) is 2. The van der Waals surface area contributed by atoms with Crippen LogP contribution in [0.4, 0.5) is 15.4 Å². The molecule has 2 atom stereocenters. The number of carbonyl (C=O) groups is 2. The second-order valence-electron chi connectivity index (χ2n) is 6.48. The molecule has 2 saturated heterocycles. The molecule has 2 N–H and O–H groups in total. The number of nitrogens with zero attached hydrogens (tertiary/aromatic N) is 4. The van der Waals surface area contributed by atoms with Gasteiger partial charge in [-0.15, -0.1) is 5.10 Å². The van der Waals surface area contributed by atoms with E-state index in [-0.39, 0.29) is 30.2 Å². The third-order valence-corrected chi connectivity index (χ3v) is 4.62. The number of carbonyl (C=O) groups excluding carboxylic acids is 2. The number of ether oxygens (including phenoxy) is 1. The Hall–Kier alpha value is -2.45. The minimum Gasteiger partial charge on any atom is -0.480 e. The summed E-state index contributed by atoms with van der Waals surface area (Å²) in [4.78, 5) is 28.2. The number of hydrogen-bond acceptors (Lipinski definition) is 4. The van der Waals surface area contributed by atoms with Crippen molar-refractivity contribution in [2.75, 3.05) is 25.5 Å². The maximum atomic E-state index is 12.5. The molecule has 132 valence electrons. The molecule has 3 rings (SSSR count). The number of aryl methyl sites for hydroxylation is 1. The summed E-state index contributed by atoms with van der Waals surface area (Å²) in [5.74, 6) is 1.01. The average Bonchev–Trinajstić information content (AvgIpc) is 3.05. The van der Waals surface area contributed by atoms with Crippen LogP contribution < -0.4 is 15.4 Å². The maximum Gasteiger partial charge on any atom is 0.323 e. The second kappa shape index (κ2) is 6.21. The first-order chi connectivity index (χ1) is 11.4. The molecule has 0 radical (unpaired) electrons. The van der Waals surface area contributed by atoms with E-state index in [1.165, 1.54) is 7.11 Å². The third kappa shape index (κ3) is 2.85. The fourth-order valence-electron chi connectivity index (χ4n) is 3.45. The van der Waals surface area contributed by atoms with Gasteiger partial charge in [-0.05, 0) is 20.3 Å². The highest BCUT2D eigenvalue weighted by molar-refractivity contribution is 5.89. The molecule has 24 heavy (non-hydrogen) atoms. The lowest BCUT2D eigenvalue weighted by Crippen LogP contribution is -2.54. The number of methoxy groups -OCH3 is 1. The fourth-order valence-corrected chi connectivity index (χ4v) is 3.45. The van der Waals surface area contributed by atoms with Crippen LogP contribution in [0.15, 0.2) is 6.07 Å². The molecule has 1 aromatic heterocycles. The van der Waals surface area contributed by atoms with E-state index >= 15 is 0 Å². The molecule has 2 aliphatic rings. The zero-order chi connectivity index (χ0) is 17.4. The van der Waals surface area contributed by atoms with E-state index in [1.54, 1.807) is 22.7 Å². The molecule has 2 fully saturated rings. The quantitative estimate of drug-likeness (QED) is 0.855. The van der Waals surface area contributed by atoms with Crippen LogP contribution in [0, 0.1) is 0 Å². The predicted molar refractivity (Wildman–Crippen MR) is 88.1 cm³/mol. The molecule has 0 bridgehead atoms. The van der Waals surface area contributed by atoms with Crippen molar-refractivity contribution < 1.29 is 14.3 Å². The predicted octanol–water partition coefficient (Wildman–Crippen LogP) is 0.837. The molecule has 0 aliphatic carbocycles. The topological polar surface area (TPSA) is 91.7 Å². The van der Waals surface area contributed by atoms with Gasteiger partial charge in [-0.1, -0.05) is 0 Å². The van der Waals surface area contributed by atoms with E-state index in [2.05, 4.69) is 15.7 Å². The van der Waals surface area contributed by atoms with Gasteiger partial charge in [0, 0.05) is 32.2 Å². The van der Waals surface area contributed by atoms with Gasteiger partial charge < -0.3 is 19.9 Å². The summed E-state index contributed by atoms with van der Waals surface area (Å²) in [5.41, 5.74) is 0. The van der Waals surface area contributed by atoms with Gasteiger partial charge in [0.1, 0.15) is 5.82 Å². The maximum absolute atomic E-state index is 12.5. The number of amides is 4. The molecule has 9 nitrogen and oxygen atoms in total. The molecular formula is C15H24N6O3. The SMILES string of the molecule is COc1cc(NC(=O)N2CC[C@H]3[C@@H](C2)NC(=O)N3C(C)C)n(C)n1. The number of likely N-dealkylation sites (tertiary alicyclic amines) is 1. The van der Waals surface area contributed by atoms with Gasteiger partial charge in [-0.25, -0.2) is 14.3 Å². The van der Waals surface area contributed by atoms with Crippen LogP contribution in [0.25, 0.3) is 0 Å². The molecule has 1 aromatic rings. The number of aromatic nitrogens is 2. The summed E-state index contributed by atoms with van der Waals surface area (Å²) in [7, 11) is 3.27. The molecule has 0 aromatic carbocycles. The van der Waals surface area contributed by atoms with E-state index in [0.717, 1.165) is 6.42 Å². The van der Waals surface area contributed by atoms with Crippen molar-refractivity contribution in [1.82, 2.24) is 24.9 Å². The first-order valence-corrected chi connectivity index (χ1v) is 8.13. The summed E-state index contributed by atoms with van der Waals surface area (Å²) in [6.07, 6.45) is 0.768. The van der Waals surface area contributed by atoms with Gasteiger partial charge in [0.25, 0.3) is 0 Å². The fraction of sp³-hybridized carbons (Fsp3) is 0.667. The van der Waals surface area contributed by atoms with Crippen LogP contribution in [0.1, 0.15) is 20.3 Å². The highest BCUT2D eigenvalue weighted by Gasteiger charge is 2.44. The van der Waals surface area contributed by atoms with E-state index in [9.17, 15) is 9.59 Å². The highest BCUT2D eigenvalue weighted by atomic mass is 16.5. The minimum atomic E-state index is -0.198. The summed E-state index contributed by atoms with van der Waals surface area (Å²) < 4.78 is 6.61. The Balaban J connectivity index is 1.64. The zero-order valence-electron chi connectivity index (χ0n) is 14.4. The molecule has 3 heterocycles. The molecule has 2 aliphatic heterocycles. The number of rotatable bonds is 3. The number of urea groups is 2. The van der Waals surface area contributed by atoms with Crippen molar-refractivity contribution in [2.24, 2.45) is 7.05 Å². The van der Waals surface area contributed by atoms with Crippen molar-refractivity contribution in [1.29, 1.82) is 0 Å². The van der Waals surface area contributed by atoms with Gasteiger partial charge in [0.15, 0.2) is 0 Å². The van der Waals surface area contributed by atoms with Crippen LogP contribution in [0.2, 0.25) is 0 Å². The first kappa shape index (κ1) is 16.4. The van der Waals surface area contributed by atoms with Crippen LogP contribution in [-0.4, -0.2) is 70.0 Å². The summed E-state index contributed by atoms with van der Waals surface area (Å²) >= 11 is 0. The van der Waals surface area contributed by atoms with E-state index < -0.39 is 0 Å². The standard InChI is InChI=1S/C15H24N6O3/c1-9(2)21-11-5-6-20(8-10(11)16-15(21)23)14(22)17-12-7-13(24-4)18-19(12)3/h7,9-11H,5-6,8H2,1-4H3,(H,16,23)(H,17,22)/t10-,11+/m1/s1. The van der Waals surface area contributed by atoms with Crippen LogP contribution in [0.3, 0.4) is 0 Å². The second-order valence-corrected chi connectivity index (χ2v) is 6.48. The van der Waals surface area contributed by atoms with Gasteiger partial charge in [-0.2, -0.15) is 0 Å². The largest absolute Gasteiger partial charge is 0.480 e. The van der Waals surface area contributed by atoms with Gasteiger partial charge >= 0.3 is 12.1 Å². The Labute approximate surface area is 140 Å². The summed E-state index contributed by atoms with van der Waals surface area (Å²) in [5, 5.41) is 9.95. The number of piperidine rings is 1. The van der Waals surface area contributed by atoms with E-state index in [1.807, 2.05) is 18.7 Å². The van der Waals surface area contributed by atoms with Crippen molar-refractivity contribution in [3.8, 4) is 5.88 Å². The highest BCUT2D eigenvalue weighted by Crippen LogP contribution is 2.25. The van der Waals surface area contributed by atoms with Crippen molar-refractivity contribution in [3.63, 3.8) is 0 Å². The van der Waals surface area contributed by atoms with Crippen LogP contribution >= 0.6 is 0 Å². The smallest absolute Gasteiger partial charge is 0.323 e. The number of anilines is 1. The molecule has 0 unspecified atom stereocenters. The lowest BCUT2D eigenvalue weighted by atomic mass is 9.99. The molecule has 0 saturated carbocycles. The van der Waals surface area contributed by atoms with Gasteiger partial charge in [0.05, 0.1) is 19.2 Å². The molecule has 9 heteroatoms. The van der Waals surface area contributed by atoms with Crippen molar-refractivity contribution in [3.05, 3.63) is 6.07 Å². The van der Waals surface area contributed by atoms with Gasteiger partial charge in [0.2, 0.25) is 5.88 Å². The lowest BCUT2D eigenvalue weighted by Gasteiger charge is -2.37. The molecule has 0 spiro atoms. The van der Waals surface area contributed by atoms with E-state index in [0.29, 0.717) is 24.8 Å². The zero-order valence-corrected chi connectivity index (χ0v) is 14.4. The molecule has 4 amide bonds.